The zero-order valence-electron chi connectivity index (χ0n) is 15.2. The first-order chi connectivity index (χ1) is 14.4. The number of rotatable bonds is 3. The fourth-order valence-corrected chi connectivity index (χ4v) is 4.43. The molecule has 1 N–H and O–H groups in total. The van der Waals surface area contributed by atoms with Gasteiger partial charge in [-0.2, -0.15) is 5.26 Å². The van der Waals surface area contributed by atoms with Crippen LogP contribution in [0.4, 0.5) is 5.69 Å². The Morgan fingerprint density at radius 1 is 1.07 bits per heavy atom. The summed E-state index contributed by atoms with van der Waals surface area (Å²) in [6, 6.07) is 15.6. The summed E-state index contributed by atoms with van der Waals surface area (Å²) in [6.07, 6.45) is 0. The molecule has 1 aliphatic heterocycles. The Kier molecular flexibility index (Phi) is 5.35. The number of ketones is 1. The number of nitrogens with zero attached hydrogens (tertiary/aromatic N) is 2. The Morgan fingerprint density at radius 2 is 1.80 bits per heavy atom. The maximum absolute atomic E-state index is 13.0. The van der Waals surface area contributed by atoms with Crippen LogP contribution in [-0.2, 0) is 9.59 Å². The Labute approximate surface area is 186 Å². The van der Waals surface area contributed by atoms with Crippen molar-refractivity contribution in [3.05, 3.63) is 91.6 Å². The monoisotopic (exact) mass is 454 g/mol. The van der Waals surface area contributed by atoms with Crippen LogP contribution in [0.2, 0.25) is 10.0 Å². The lowest BCUT2D eigenvalue weighted by molar-refractivity contribution is -0.132. The van der Waals surface area contributed by atoms with E-state index in [1.165, 1.54) is 34.4 Å². The summed E-state index contributed by atoms with van der Waals surface area (Å²) in [5.41, 5.74) is 1.12. The van der Waals surface area contributed by atoms with Crippen molar-refractivity contribution in [2.75, 3.05) is 4.90 Å². The summed E-state index contributed by atoms with van der Waals surface area (Å²) in [6.45, 7) is 0. The maximum atomic E-state index is 13.0. The van der Waals surface area contributed by atoms with Crippen LogP contribution in [0.1, 0.15) is 22.0 Å². The fourth-order valence-electron chi connectivity index (χ4n) is 3.31. The summed E-state index contributed by atoms with van der Waals surface area (Å²) >= 11 is 13.4. The molecule has 5 nitrogen and oxygen atoms in total. The zero-order valence-corrected chi connectivity index (χ0v) is 17.5. The van der Waals surface area contributed by atoms with Crippen molar-refractivity contribution in [1.82, 2.24) is 0 Å². The van der Waals surface area contributed by atoms with Gasteiger partial charge in [-0.05, 0) is 53.9 Å². The highest BCUT2D eigenvalue weighted by Gasteiger charge is 2.47. The molecule has 2 heterocycles. The minimum atomic E-state index is -0.813. The normalized spacial score (nSPS) is 17.9. The van der Waals surface area contributed by atoms with Crippen LogP contribution >= 0.6 is 34.5 Å². The Bertz CT molecular complexity index is 1230. The van der Waals surface area contributed by atoms with Crippen LogP contribution in [0.5, 0.6) is 0 Å². The van der Waals surface area contributed by atoms with Gasteiger partial charge in [0.25, 0.3) is 11.7 Å². The number of carbonyl (C=O) groups is 2. The predicted octanol–water partition coefficient (Wildman–Crippen LogP) is 5.55. The molecule has 4 rings (SSSR count). The number of anilines is 1. The van der Waals surface area contributed by atoms with Gasteiger partial charge >= 0.3 is 0 Å². The molecule has 0 spiro atoms. The number of benzene rings is 2. The van der Waals surface area contributed by atoms with Crippen LogP contribution < -0.4 is 4.90 Å². The highest BCUT2D eigenvalue weighted by atomic mass is 35.5. The largest absolute Gasteiger partial charge is 0.507 e. The predicted molar refractivity (Wildman–Crippen MR) is 117 cm³/mol. The first kappa shape index (κ1) is 20.2. The number of hydrogen-bond acceptors (Lipinski definition) is 5. The zero-order chi connectivity index (χ0) is 21.4. The van der Waals surface area contributed by atoms with Crippen molar-refractivity contribution in [3.63, 3.8) is 0 Å². The molecule has 148 valence electrons. The van der Waals surface area contributed by atoms with E-state index in [-0.39, 0.29) is 21.9 Å². The fraction of sp³-hybridized carbons (Fsp3) is 0.0455. The highest BCUT2D eigenvalue weighted by Crippen LogP contribution is 2.43. The minimum Gasteiger partial charge on any atom is -0.507 e. The van der Waals surface area contributed by atoms with Crippen molar-refractivity contribution >= 4 is 57.7 Å². The molecule has 30 heavy (non-hydrogen) atoms. The lowest BCUT2D eigenvalue weighted by Crippen LogP contribution is -2.29. The molecule has 0 aliphatic carbocycles. The Morgan fingerprint density at radius 3 is 2.40 bits per heavy atom. The number of hydrogen-bond donors (Lipinski definition) is 1. The lowest BCUT2D eigenvalue weighted by atomic mass is 9.99. The van der Waals surface area contributed by atoms with Crippen LogP contribution in [0.3, 0.4) is 0 Å². The Hall–Kier alpha value is -3.11. The standard InChI is InChI=1S/C22H12Cl2N2O3S/c23-15-8-5-13(10-16(15)24)20(27)18-19(17-2-1-9-30-17)26(22(29)21(18)28)14-6-3-12(11-25)4-7-14/h1-10,19,27H/b20-18-. The molecule has 1 unspecified atom stereocenters. The summed E-state index contributed by atoms with van der Waals surface area (Å²) in [4.78, 5) is 28.0. The van der Waals surface area contributed by atoms with Crippen LogP contribution in [0, 0.1) is 11.3 Å². The molecule has 1 aromatic heterocycles. The first-order valence-corrected chi connectivity index (χ1v) is 10.4. The number of amides is 1. The van der Waals surface area contributed by atoms with Gasteiger partial charge in [0, 0.05) is 16.1 Å². The molecule has 0 saturated carbocycles. The molecular formula is C22H12Cl2N2O3S. The third kappa shape index (κ3) is 3.37. The number of aliphatic hydroxyl groups excluding tert-OH is 1. The average Bonchev–Trinajstić information content (AvgIpc) is 3.37. The second-order valence-corrected chi connectivity index (χ2v) is 8.27. The van der Waals surface area contributed by atoms with Crippen molar-refractivity contribution in [1.29, 1.82) is 5.26 Å². The molecule has 3 aromatic rings. The molecule has 1 atom stereocenters. The van der Waals surface area contributed by atoms with Crippen LogP contribution in [-0.4, -0.2) is 16.8 Å². The molecule has 0 radical (unpaired) electrons. The molecule has 0 bridgehead atoms. The number of thiophene rings is 1. The number of nitriles is 1. The third-order valence-corrected chi connectivity index (χ3v) is 6.39. The quantitative estimate of drug-likeness (QED) is 0.319. The number of carbonyl (C=O) groups excluding carboxylic acids is 2. The van der Waals surface area contributed by atoms with E-state index >= 15 is 0 Å². The van der Waals surface area contributed by atoms with Gasteiger partial charge < -0.3 is 5.11 Å². The second-order valence-electron chi connectivity index (χ2n) is 6.47. The number of halogens is 2. The van der Waals surface area contributed by atoms with Crippen LogP contribution in [0.25, 0.3) is 5.76 Å². The van der Waals surface area contributed by atoms with E-state index in [0.29, 0.717) is 21.2 Å². The second kappa shape index (κ2) is 7.96. The van der Waals surface area contributed by atoms with Gasteiger partial charge in [0.1, 0.15) is 11.8 Å². The van der Waals surface area contributed by atoms with Crippen molar-refractivity contribution in [3.8, 4) is 6.07 Å². The molecule has 2 aromatic carbocycles. The van der Waals surface area contributed by atoms with E-state index < -0.39 is 17.7 Å². The third-order valence-electron chi connectivity index (χ3n) is 4.72. The Balaban J connectivity index is 1.91. The van der Waals surface area contributed by atoms with Crippen molar-refractivity contribution < 1.29 is 14.7 Å². The van der Waals surface area contributed by atoms with E-state index in [1.54, 1.807) is 36.4 Å². The van der Waals surface area contributed by atoms with Gasteiger partial charge in [0.05, 0.1) is 27.3 Å². The van der Waals surface area contributed by atoms with Gasteiger partial charge in [0.2, 0.25) is 0 Å². The summed E-state index contributed by atoms with van der Waals surface area (Å²) < 4.78 is 0. The van der Waals surface area contributed by atoms with Gasteiger partial charge in [-0.3, -0.25) is 14.5 Å². The van der Waals surface area contributed by atoms with E-state index in [2.05, 4.69) is 0 Å². The van der Waals surface area contributed by atoms with Crippen LogP contribution in [0.15, 0.2) is 65.6 Å². The molecule has 1 fully saturated rings. The van der Waals surface area contributed by atoms with Gasteiger partial charge in [-0.1, -0.05) is 29.3 Å². The van der Waals surface area contributed by atoms with E-state index in [1.807, 2.05) is 11.4 Å². The number of aliphatic hydroxyl groups is 1. The minimum absolute atomic E-state index is 0.0369. The summed E-state index contributed by atoms with van der Waals surface area (Å²) in [7, 11) is 0. The van der Waals surface area contributed by atoms with Crippen molar-refractivity contribution in [2.45, 2.75) is 6.04 Å². The molecular weight excluding hydrogens is 443 g/mol. The maximum Gasteiger partial charge on any atom is 0.300 e. The van der Waals surface area contributed by atoms with Gasteiger partial charge in [-0.25, -0.2) is 0 Å². The summed E-state index contributed by atoms with van der Waals surface area (Å²) in [5, 5.41) is 22.4. The SMILES string of the molecule is N#Cc1ccc(N2C(=O)C(=O)/C(=C(\O)c3ccc(Cl)c(Cl)c3)C2c2cccs2)cc1. The molecule has 8 heteroatoms. The first-order valence-electron chi connectivity index (χ1n) is 8.72. The lowest BCUT2D eigenvalue weighted by Gasteiger charge is -2.24. The van der Waals surface area contributed by atoms with E-state index in [0.717, 1.165) is 0 Å². The van der Waals surface area contributed by atoms with E-state index in [9.17, 15) is 14.7 Å². The smallest absolute Gasteiger partial charge is 0.300 e. The van der Waals surface area contributed by atoms with Gasteiger partial charge in [-0.15, -0.1) is 11.3 Å². The van der Waals surface area contributed by atoms with E-state index in [4.69, 9.17) is 28.5 Å². The van der Waals surface area contributed by atoms with Gasteiger partial charge in [0.15, 0.2) is 0 Å². The van der Waals surface area contributed by atoms with Crippen molar-refractivity contribution in [2.24, 2.45) is 0 Å². The summed E-state index contributed by atoms with van der Waals surface area (Å²) in [5.74, 6) is -1.90. The molecule has 1 saturated heterocycles. The molecule has 1 aliphatic rings. The highest BCUT2D eigenvalue weighted by molar-refractivity contribution is 7.10. The number of Topliss-reactive ketones (excluding diaryl/α,β-unsaturated/α-hetero) is 1. The average molecular weight is 455 g/mol. The topological polar surface area (TPSA) is 81.4 Å². The molecule has 1 amide bonds.